The van der Waals surface area contributed by atoms with Gasteiger partial charge in [0.2, 0.25) is 0 Å². The zero-order valence-electron chi connectivity index (χ0n) is 12.4. The number of ether oxygens (including phenoxy) is 2. The summed E-state index contributed by atoms with van der Waals surface area (Å²) in [6.45, 7) is 1.04. The molecule has 0 radical (unpaired) electrons. The molecule has 23 heavy (non-hydrogen) atoms. The van der Waals surface area contributed by atoms with Crippen molar-refractivity contribution in [3.8, 4) is 5.75 Å². The molecular formula is C17H15BrF2O3. The summed E-state index contributed by atoms with van der Waals surface area (Å²) in [7, 11) is 0. The summed E-state index contributed by atoms with van der Waals surface area (Å²) in [5.74, 6) is -0.305. The minimum Gasteiger partial charge on any atom is -0.487 e. The van der Waals surface area contributed by atoms with E-state index < -0.39 is 19.0 Å². The average Bonchev–Trinajstić information content (AvgIpc) is 2.53. The summed E-state index contributed by atoms with van der Waals surface area (Å²) in [6.07, 6.45) is -2.58. The quantitative estimate of drug-likeness (QED) is 0.673. The third-order valence-electron chi connectivity index (χ3n) is 3.15. The molecule has 0 bridgehead atoms. The van der Waals surface area contributed by atoms with Gasteiger partial charge in [0.05, 0.1) is 5.56 Å². The Kier molecular flexibility index (Phi) is 6.10. The second kappa shape index (κ2) is 8.06. The van der Waals surface area contributed by atoms with Crippen molar-refractivity contribution < 1.29 is 23.0 Å². The van der Waals surface area contributed by atoms with Gasteiger partial charge in [0.1, 0.15) is 19.0 Å². The van der Waals surface area contributed by atoms with Crippen LogP contribution in [0.2, 0.25) is 0 Å². The van der Waals surface area contributed by atoms with Crippen LogP contribution in [0.3, 0.4) is 0 Å². The number of carbonyl (C=O) groups is 1. The number of alkyl halides is 2. The highest BCUT2D eigenvalue weighted by atomic mass is 79.9. The first kappa shape index (κ1) is 17.4. The molecule has 2 rings (SSSR count). The van der Waals surface area contributed by atoms with E-state index in [9.17, 15) is 13.6 Å². The molecule has 0 N–H and O–H groups in total. The van der Waals surface area contributed by atoms with Gasteiger partial charge < -0.3 is 9.47 Å². The molecule has 0 saturated heterocycles. The van der Waals surface area contributed by atoms with Crippen molar-refractivity contribution in [3.05, 3.63) is 63.6 Å². The van der Waals surface area contributed by atoms with Gasteiger partial charge in [0, 0.05) is 10.0 Å². The van der Waals surface area contributed by atoms with E-state index >= 15 is 0 Å². The van der Waals surface area contributed by atoms with Gasteiger partial charge in [-0.05, 0) is 40.5 Å². The van der Waals surface area contributed by atoms with Crippen molar-refractivity contribution in [1.82, 2.24) is 0 Å². The first-order valence-electron chi connectivity index (χ1n) is 6.90. The van der Waals surface area contributed by atoms with Crippen LogP contribution in [0.5, 0.6) is 5.75 Å². The summed E-state index contributed by atoms with van der Waals surface area (Å²) in [5, 5.41) is 0. The number of hydrogen-bond donors (Lipinski definition) is 0. The van der Waals surface area contributed by atoms with Gasteiger partial charge in [-0.3, -0.25) is 0 Å². The second-order valence-electron chi connectivity index (χ2n) is 4.81. The molecule has 0 aliphatic rings. The van der Waals surface area contributed by atoms with Crippen LogP contribution in [0.4, 0.5) is 8.78 Å². The molecule has 0 spiro atoms. The van der Waals surface area contributed by atoms with Crippen LogP contribution in [0, 0.1) is 6.92 Å². The fourth-order valence-electron chi connectivity index (χ4n) is 2.01. The van der Waals surface area contributed by atoms with E-state index in [0.29, 0.717) is 10.0 Å². The SMILES string of the molecule is Cc1c(OCC(F)F)ccc(Br)c1C(=O)OCc1ccccc1. The monoisotopic (exact) mass is 384 g/mol. The fraction of sp³-hybridized carbons (Fsp3) is 0.235. The molecule has 0 aliphatic carbocycles. The number of halogens is 3. The molecule has 2 aromatic carbocycles. The Balaban J connectivity index is 2.13. The van der Waals surface area contributed by atoms with Crippen LogP contribution >= 0.6 is 15.9 Å². The predicted octanol–water partition coefficient (Wildman–Crippen LogP) is 4.76. The van der Waals surface area contributed by atoms with E-state index in [-0.39, 0.29) is 17.9 Å². The highest BCUT2D eigenvalue weighted by Crippen LogP contribution is 2.29. The Morgan fingerprint density at radius 1 is 1.17 bits per heavy atom. The second-order valence-corrected chi connectivity index (χ2v) is 5.66. The van der Waals surface area contributed by atoms with Crippen LogP contribution in [-0.2, 0) is 11.3 Å². The highest BCUT2D eigenvalue weighted by Gasteiger charge is 2.19. The first-order chi connectivity index (χ1) is 11.0. The van der Waals surface area contributed by atoms with E-state index in [2.05, 4.69) is 15.9 Å². The van der Waals surface area contributed by atoms with Gasteiger partial charge in [-0.25, -0.2) is 13.6 Å². The van der Waals surface area contributed by atoms with Crippen molar-refractivity contribution >= 4 is 21.9 Å². The Bertz CT molecular complexity index is 675. The van der Waals surface area contributed by atoms with E-state index in [1.165, 1.54) is 6.07 Å². The van der Waals surface area contributed by atoms with E-state index in [4.69, 9.17) is 9.47 Å². The van der Waals surface area contributed by atoms with Crippen molar-refractivity contribution in [2.75, 3.05) is 6.61 Å². The molecule has 122 valence electrons. The predicted molar refractivity (Wildman–Crippen MR) is 85.9 cm³/mol. The Labute approximate surface area is 141 Å². The molecule has 2 aromatic rings. The first-order valence-corrected chi connectivity index (χ1v) is 7.69. The van der Waals surface area contributed by atoms with Crippen LogP contribution < -0.4 is 4.74 Å². The number of rotatable bonds is 6. The van der Waals surface area contributed by atoms with Crippen LogP contribution in [0.15, 0.2) is 46.9 Å². The van der Waals surface area contributed by atoms with Gasteiger partial charge in [-0.15, -0.1) is 0 Å². The van der Waals surface area contributed by atoms with Gasteiger partial charge >= 0.3 is 5.97 Å². The summed E-state index contributed by atoms with van der Waals surface area (Å²) >= 11 is 3.28. The average molecular weight is 385 g/mol. The van der Waals surface area contributed by atoms with Crippen LogP contribution in [-0.4, -0.2) is 19.0 Å². The maximum atomic E-state index is 12.3. The van der Waals surface area contributed by atoms with Gasteiger partial charge in [0.25, 0.3) is 6.43 Å². The lowest BCUT2D eigenvalue weighted by Gasteiger charge is -2.14. The van der Waals surface area contributed by atoms with E-state index in [1.54, 1.807) is 13.0 Å². The third-order valence-corrected chi connectivity index (χ3v) is 3.81. The lowest BCUT2D eigenvalue weighted by molar-refractivity contribution is 0.0469. The minimum atomic E-state index is -2.58. The summed E-state index contributed by atoms with van der Waals surface area (Å²) < 4.78 is 35.4. The molecule has 0 heterocycles. The molecule has 0 saturated carbocycles. The number of benzene rings is 2. The summed E-state index contributed by atoms with van der Waals surface area (Å²) in [4.78, 5) is 12.3. The van der Waals surface area contributed by atoms with Crippen molar-refractivity contribution in [1.29, 1.82) is 0 Å². The molecule has 6 heteroatoms. The van der Waals surface area contributed by atoms with Crippen LogP contribution in [0.25, 0.3) is 0 Å². The maximum Gasteiger partial charge on any atom is 0.340 e. The lowest BCUT2D eigenvalue weighted by atomic mass is 10.1. The van der Waals surface area contributed by atoms with Gasteiger partial charge in [-0.1, -0.05) is 30.3 Å². The molecule has 0 fully saturated rings. The maximum absolute atomic E-state index is 12.3. The minimum absolute atomic E-state index is 0.133. The third kappa shape index (κ3) is 4.76. The highest BCUT2D eigenvalue weighted by molar-refractivity contribution is 9.10. The Morgan fingerprint density at radius 2 is 1.87 bits per heavy atom. The van der Waals surface area contributed by atoms with Crippen molar-refractivity contribution in [2.45, 2.75) is 20.0 Å². The molecular weight excluding hydrogens is 370 g/mol. The fourth-order valence-corrected chi connectivity index (χ4v) is 2.61. The van der Waals surface area contributed by atoms with Crippen molar-refractivity contribution in [3.63, 3.8) is 0 Å². The Morgan fingerprint density at radius 3 is 2.52 bits per heavy atom. The largest absolute Gasteiger partial charge is 0.487 e. The molecule has 0 amide bonds. The number of carbonyl (C=O) groups excluding carboxylic acids is 1. The van der Waals surface area contributed by atoms with Gasteiger partial charge in [0.15, 0.2) is 0 Å². The number of hydrogen-bond acceptors (Lipinski definition) is 3. The molecule has 3 nitrogen and oxygen atoms in total. The normalized spacial score (nSPS) is 10.7. The standard InChI is InChI=1S/C17H15BrF2O3/c1-11-14(22-10-15(19)20)8-7-13(18)16(11)17(21)23-9-12-5-3-2-4-6-12/h2-8,15H,9-10H2,1H3. The smallest absolute Gasteiger partial charge is 0.340 e. The topological polar surface area (TPSA) is 35.5 Å². The zero-order chi connectivity index (χ0) is 16.8. The summed E-state index contributed by atoms with van der Waals surface area (Å²) in [6, 6.07) is 12.4. The molecule has 0 aliphatic heterocycles. The van der Waals surface area contributed by atoms with Crippen molar-refractivity contribution in [2.24, 2.45) is 0 Å². The van der Waals surface area contributed by atoms with Crippen LogP contribution in [0.1, 0.15) is 21.5 Å². The summed E-state index contributed by atoms with van der Waals surface area (Å²) in [5.41, 5.74) is 1.59. The Hall–Kier alpha value is -1.95. The molecule has 0 atom stereocenters. The molecule has 0 unspecified atom stereocenters. The number of esters is 1. The van der Waals surface area contributed by atoms with E-state index in [1.807, 2.05) is 30.3 Å². The lowest BCUT2D eigenvalue weighted by Crippen LogP contribution is -2.12. The zero-order valence-corrected chi connectivity index (χ0v) is 14.0. The van der Waals surface area contributed by atoms with E-state index in [0.717, 1.165) is 5.56 Å². The molecule has 0 aromatic heterocycles. The van der Waals surface area contributed by atoms with Gasteiger partial charge in [-0.2, -0.15) is 0 Å².